The highest BCUT2D eigenvalue weighted by Gasteiger charge is 2.18. The van der Waals surface area contributed by atoms with Crippen LogP contribution in [0, 0.1) is 18.3 Å². The second kappa shape index (κ2) is 5.29. The van der Waals surface area contributed by atoms with Gasteiger partial charge < -0.3 is 9.84 Å². The Morgan fingerprint density at radius 3 is 2.75 bits per heavy atom. The zero-order chi connectivity index (χ0) is 12.1. The molecule has 0 heterocycles. The topological polar surface area (TPSA) is 70.3 Å². The fourth-order valence-electron chi connectivity index (χ4n) is 1.48. The van der Waals surface area contributed by atoms with Gasteiger partial charge in [0.05, 0.1) is 24.3 Å². The minimum Gasteiger partial charge on any atom is -0.462 e. The van der Waals surface area contributed by atoms with Crippen LogP contribution >= 0.6 is 0 Å². The summed E-state index contributed by atoms with van der Waals surface area (Å²) >= 11 is 0. The molecular weight excluding hydrogens is 206 g/mol. The maximum Gasteiger partial charge on any atom is 0.339 e. The molecule has 0 spiro atoms. The van der Waals surface area contributed by atoms with E-state index in [1.165, 1.54) is 0 Å². The minimum absolute atomic E-state index is 0.195. The molecule has 0 saturated heterocycles. The number of ether oxygens (including phenoxy) is 1. The fraction of sp³-hybridized carbons (Fsp3) is 0.333. The number of aliphatic hydroxyl groups excluding tert-OH is 1. The van der Waals surface area contributed by atoms with Crippen molar-refractivity contribution in [3.63, 3.8) is 0 Å². The van der Waals surface area contributed by atoms with Crippen LogP contribution < -0.4 is 0 Å². The van der Waals surface area contributed by atoms with Gasteiger partial charge in [-0.1, -0.05) is 12.1 Å². The predicted octanol–water partition coefficient (Wildman–Crippen LogP) is 1.54. The van der Waals surface area contributed by atoms with E-state index in [2.05, 4.69) is 0 Å². The molecule has 0 atom stereocenters. The molecule has 1 N–H and O–H groups in total. The lowest BCUT2D eigenvalue weighted by atomic mass is 9.98. The average molecular weight is 219 g/mol. The second-order valence-corrected chi connectivity index (χ2v) is 3.28. The van der Waals surface area contributed by atoms with Gasteiger partial charge in [0.1, 0.15) is 6.07 Å². The summed E-state index contributed by atoms with van der Waals surface area (Å²) in [6, 6.07) is 5.26. The number of aryl methyl sites for hydroxylation is 1. The molecule has 0 aliphatic rings. The Labute approximate surface area is 94.1 Å². The number of carbonyl (C=O) groups is 1. The van der Waals surface area contributed by atoms with Crippen LogP contribution in [0.4, 0.5) is 0 Å². The highest BCUT2D eigenvalue weighted by molar-refractivity contribution is 5.94. The van der Waals surface area contributed by atoms with E-state index in [1.54, 1.807) is 26.0 Å². The number of carbonyl (C=O) groups excluding carboxylic acids is 1. The van der Waals surface area contributed by atoms with Gasteiger partial charge in [0, 0.05) is 0 Å². The van der Waals surface area contributed by atoms with Gasteiger partial charge in [0.25, 0.3) is 0 Å². The van der Waals surface area contributed by atoms with E-state index in [-0.39, 0.29) is 24.3 Å². The summed E-state index contributed by atoms with van der Waals surface area (Å²) < 4.78 is 4.88. The maximum absolute atomic E-state index is 11.7. The first-order valence-corrected chi connectivity index (χ1v) is 4.96. The van der Waals surface area contributed by atoms with Crippen molar-refractivity contribution in [3.05, 3.63) is 34.4 Å². The Morgan fingerprint density at radius 2 is 2.25 bits per heavy atom. The Hall–Kier alpha value is -1.86. The molecule has 0 aliphatic heterocycles. The molecular formula is C12H13NO3. The van der Waals surface area contributed by atoms with Gasteiger partial charge in [-0.15, -0.1) is 0 Å². The van der Waals surface area contributed by atoms with Crippen molar-refractivity contribution in [2.75, 3.05) is 6.61 Å². The van der Waals surface area contributed by atoms with E-state index >= 15 is 0 Å². The molecule has 84 valence electrons. The third-order valence-electron chi connectivity index (χ3n) is 2.26. The van der Waals surface area contributed by atoms with Crippen molar-refractivity contribution in [1.29, 1.82) is 5.26 Å². The highest BCUT2D eigenvalue weighted by atomic mass is 16.5. The molecule has 0 aliphatic carbocycles. The smallest absolute Gasteiger partial charge is 0.339 e. The monoisotopic (exact) mass is 219 g/mol. The largest absolute Gasteiger partial charge is 0.462 e. The van der Waals surface area contributed by atoms with Crippen LogP contribution in [0.15, 0.2) is 12.1 Å². The van der Waals surface area contributed by atoms with Gasteiger partial charge in [-0.05, 0) is 25.0 Å². The predicted molar refractivity (Wildman–Crippen MR) is 57.8 cm³/mol. The molecule has 4 heteroatoms. The van der Waals surface area contributed by atoms with Crippen LogP contribution in [0.25, 0.3) is 0 Å². The maximum atomic E-state index is 11.7. The summed E-state index contributed by atoms with van der Waals surface area (Å²) in [4.78, 5) is 11.7. The number of nitrogens with zero attached hydrogens (tertiary/aromatic N) is 1. The van der Waals surface area contributed by atoms with Crippen molar-refractivity contribution >= 4 is 5.97 Å². The molecule has 1 aromatic carbocycles. The van der Waals surface area contributed by atoms with Crippen LogP contribution in [0.5, 0.6) is 0 Å². The van der Waals surface area contributed by atoms with Gasteiger partial charge in [0.2, 0.25) is 0 Å². The van der Waals surface area contributed by atoms with Gasteiger partial charge >= 0.3 is 5.97 Å². The Bertz CT molecular complexity index is 446. The van der Waals surface area contributed by atoms with Crippen LogP contribution in [-0.4, -0.2) is 17.7 Å². The number of benzene rings is 1. The zero-order valence-electron chi connectivity index (χ0n) is 9.28. The van der Waals surface area contributed by atoms with Crippen LogP contribution in [0.3, 0.4) is 0 Å². The van der Waals surface area contributed by atoms with E-state index in [0.29, 0.717) is 11.1 Å². The van der Waals surface area contributed by atoms with Gasteiger partial charge in [-0.2, -0.15) is 5.26 Å². The Kier molecular flexibility index (Phi) is 4.03. The summed E-state index contributed by atoms with van der Waals surface area (Å²) in [6.45, 7) is 3.42. The number of rotatable bonds is 3. The van der Waals surface area contributed by atoms with Gasteiger partial charge in [0.15, 0.2) is 0 Å². The second-order valence-electron chi connectivity index (χ2n) is 3.28. The zero-order valence-corrected chi connectivity index (χ0v) is 9.28. The van der Waals surface area contributed by atoms with Crippen LogP contribution in [0.2, 0.25) is 0 Å². The lowest BCUT2D eigenvalue weighted by Crippen LogP contribution is -2.11. The molecule has 0 fully saturated rings. The SMILES string of the molecule is CCOC(=O)c1c(C)ccc(CO)c1C#N. The summed E-state index contributed by atoms with van der Waals surface area (Å²) in [5, 5.41) is 18.1. The van der Waals surface area contributed by atoms with Gasteiger partial charge in [-0.25, -0.2) is 4.79 Å². The molecule has 4 nitrogen and oxygen atoms in total. The first-order chi connectivity index (χ1) is 7.65. The van der Waals surface area contributed by atoms with Crippen molar-refractivity contribution < 1.29 is 14.6 Å². The van der Waals surface area contributed by atoms with E-state index < -0.39 is 5.97 Å². The molecule has 1 aromatic rings. The molecule has 0 amide bonds. The number of aliphatic hydroxyl groups is 1. The molecule has 1 rings (SSSR count). The number of hydrogen-bond acceptors (Lipinski definition) is 4. The Balaban J connectivity index is 3.35. The minimum atomic E-state index is -0.521. The van der Waals surface area contributed by atoms with Crippen LogP contribution in [0.1, 0.15) is 34.0 Å². The molecule has 0 saturated carbocycles. The van der Waals surface area contributed by atoms with Crippen LogP contribution in [-0.2, 0) is 11.3 Å². The van der Waals surface area contributed by atoms with Crippen molar-refractivity contribution in [3.8, 4) is 6.07 Å². The molecule has 0 bridgehead atoms. The van der Waals surface area contributed by atoms with Crippen molar-refractivity contribution in [2.45, 2.75) is 20.5 Å². The normalized spacial score (nSPS) is 9.62. The summed E-state index contributed by atoms with van der Waals surface area (Å²) in [7, 11) is 0. The summed E-state index contributed by atoms with van der Waals surface area (Å²) in [5.41, 5.74) is 1.56. The molecule has 0 radical (unpaired) electrons. The molecule has 0 aromatic heterocycles. The van der Waals surface area contributed by atoms with Crippen molar-refractivity contribution in [1.82, 2.24) is 0 Å². The molecule has 16 heavy (non-hydrogen) atoms. The summed E-state index contributed by atoms with van der Waals surface area (Å²) in [6.07, 6.45) is 0. The lowest BCUT2D eigenvalue weighted by Gasteiger charge is -2.10. The third kappa shape index (κ3) is 2.20. The number of hydrogen-bond donors (Lipinski definition) is 1. The quantitative estimate of drug-likeness (QED) is 0.783. The first kappa shape index (κ1) is 12.2. The molecule has 0 unspecified atom stereocenters. The van der Waals surface area contributed by atoms with E-state index in [0.717, 1.165) is 0 Å². The van der Waals surface area contributed by atoms with E-state index in [4.69, 9.17) is 15.1 Å². The standard InChI is InChI=1S/C12H13NO3/c1-3-16-12(15)11-8(2)4-5-9(7-14)10(11)6-13/h4-5,14H,3,7H2,1-2H3. The van der Waals surface area contributed by atoms with Crippen molar-refractivity contribution in [2.24, 2.45) is 0 Å². The van der Waals surface area contributed by atoms with E-state index in [1.807, 2.05) is 6.07 Å². The number of nitriles is 1. The highest BCUT2D eigenvalue weighted by Crippen LogP contribution is 2.19. The first-order valence-electron chi connectivity index (χ1n) is 4.96. The van der Waals surface area contributed by atoms with E-state index in [9.17, 15) is 4.79 Å². The lowest BCUT2D eigenvalue weighted by molar-refractivity contribution is 0.0525. The van der Waals surface area contributed by atoms with Gasteiger partial charge in [-0.3, -0.25) is 0 Å². The average Bonchev–Trinajstić information content (AvgIpc) is 2.28. The number of esters is 1. The Morgan fingerprint density at radius 1 is 1.56 bits per heavy atom. The summed E-state index contributed by atoms with van der Waals surface area (Å²) in [5.74, 6) is -0.521. The third-order valence-corrected chi connectivity index (χ3v) is 2.26. The fourth-order valence-corrected chi connectivity index (χ4v) is 1.48.